The van der Waals surface area contributed by atoms with Gasteiger partial charge in [0.05, 0.1) is 14.2 Å². The predicted octanol–water partition coefficient (Wildman–Crippen LogP) is 3.81. The second kappa shape index (κ2) is 12.3. The van der Waals surface area contributed by atoms with Crippen molar-refractivity contribution in [2.24, 2.45) is 5.92 Å². The highest BCUT2D eigenvalue weighted by Gasteiger charge is 2.31. The van der Waals surface area contributed by atoms with Gasteiger partial charge >= 0.3 is 0 Å². The summed E-state index contributed by atoms with van der Waals surface area (Å²) in [6.45, 7) is 6.22. The Morgan fingerprint density at radius 3 is 2.59 bits per heavy atom. The van der Waals surface area contributed by atoms with Crippen LogP contribution in [0.2, 0.25) is 0 Å². The molecular formula is C26H41N3O3. The molecule has 1 saturated heterocycles. The Kier molecular flexibility index (Phi) is 9.42. The number of nitrogens with one attached hydrogen (secondary N) is 1. The summed E-state index contributed by atoms with van der Waals surface area (Å²) in [6, 6.07) is 7.00. The van der Waals surface area contributed by atoms with Crippen LogP contribution in [0.1, 0.15) is 51.0 Å². The molecule has 1 aromatic carbocycles. The third-order valence-electron chi connectivity index (χ3n) is 7.30. The Morgan fingerprint density at radius 1 is 1.16 bits per heavy atom. The number of carbonyl (C=O) groups is 1. The van der Waals surface area contributed by atoms with Gasteiger partial charge in [0.1, 0.15) is 11.5 Å². The Morgan fingerprint density at radius 2 is 1.91 bits per heavy atom. The smallest absolute Gasteiger partial charge is 0.244 e. The molecule has 1 aromatic rings. The fourth-order valence-electron chi connectivity index (χ4n) is 5.25. The van der Waals surface area contributed by atoms with E-state index in [4.69, 9.17) is 9.47 Å². The molecule has 2 aliphatic rings. The van der Waals surface area contributed by atoms with Gasteiger partial charge < -0.3 is 24.6 Å². The molecule has 0 unspecified atom stereocenters. The summed E-state index contributed by atoms with van der Waals surface area (Å²) in [6.07, 6.45) is 11.3. The molecule has 1 aliphatic heterocycles. The zero-order valence-corrected chi connectivity index (χ0v) is 20.3. The fourth-order valence-corrected chi connectivity index (χ4v) is 5.25. The number of amides is 1. The predicted molar refractivity (Wildman–Crippen MR) is 130 cm³/mol. The summed E-state index contributed by atoms with van der Waals surface area (Å²) in [7, 11) is 5.59. The molecule has 1 amide bonds. The van der Waals surface area contributed by atoms with Crippen molar-refractivity contribution >= 4 is 12.0 Å². The number of likely N-dealkylation sites (tertiary alicyclic amines) is 1. The number of hydrogen-bond acceptors (Lipinski definition) is 5. The molecule has 32 heavy (non-hydrogen) atoms. The second-order valence-corrected chi connectivity index (χ2v) is 9.30. The van der Waals surface area contributed by atoms with Crippen LogP contribution in [0.5, 0.6) is 11.5 Å². The number of hydrogen-bond donors (Lipinski definition) is 1. The summed E-state index contributed by atoms with van der Waals surface area (Å²) < 4.78 is 10.6. The van der Waals surface area contributed by atoms with E-state index in [9.17, 15) is 4.79 Å². The summed E-state index contributed by atoms with van der Waals surface area (Å²) in [5.41, 5.74) is 0.820. The van der Waals surface area contributed by atoms with E-state index in [0.29, 0.717) is 18.3 Å². The van der Waals surface area contributed by atoms with Crippen LogP contribution in [0.15, 0.2) is 24.3 Å². The highest BCUT2D eigenvalue weighted by Crippen LogP contribution is 2.30. The van der Waals surface area contributed by atoms with Crippen LogP contribution in [0.3, 0.4) is 0 Å². The Bertz CT molecular complexity index is 759. The molecule has 0 aromatic heterocycles. The maximum atomic E-state index is 12.3. The van der Waals surface area contributed by atoms with Gasteiger partial charge in [-0.15, -0.1) is 0 Å². The molecule has 6 nitrogen and oxygen atoms in total. The van der Waals surface area contributed by atoms with Crippen LogP contribution in [0.4, 0.5) is 0 Å². The number of piperidine rings is 1. The van der Waals surface area contributed by atoms with Gasteiger partial charge in [-0.1, -0.05) is 19.8 Å². The maximum absolute atomic E-state index is 12.3. The van der Waals surface area contributed by atoms with Gasteiger partial charge in [-0.25, -0.2) is 0 Å². The molecule has 178 valence electrons. The lowest BCUT2D eigenvalue weighted by Crippen LogP contribution is -2.50. The molecule has 2 atom stereocenters. The van der Waals surface area contributed by atoms with Crippen molar-refractivity contribution in [3.63, 3.8) is 0 Å². The first-order valence-corrected chi connectivity index (χ1v) is 12.1. The molecule has 3 rings (SSSR count). The van der Waals surface area contributed by atoms with Crippen molar-refractivity contribution in [3.05, 3.63) is 29.8 Å². The van der Waals surface area contributed by atoms with Crippen LogP contribution in [-0.4, -0.2) is 75.2 Å². The number of ether oxygens (including phenoxy) is 2. The quantitative estimate of drug-likeness (QED) is 0.588. The molecule has 0 radical (unpaired) electrons. The number of methoxy groups -OCH3 is 2. The van der Waals surface area contributed by atoms with Crippen LogP contribution < -0.4 is 14.8 Å². The average molecular weight is 444 g/mol. The van der Waals surface area contributed by atoms with Crippen LogP contribution in [-0.2, 0) is 4.79 Å². The summed E-state index contributed by atoms with van der Waals surface area (Å²) in [5.74, 6) is 2.19. The van der Waals surface area contributed by atoms with E-state index in [0.717, 1.165) is 42.9 Å². The summed E-state index contributed by atoms with van der Waals surface area (Å²) >= 11 is 0. The molecule has 6 heteroatoms. The second-order valence-electron chi connectivity index (χ2n) is 9.30. The van der Waals surface area contributed by atoms with Gasteiger partial charge in [0.25, 0.3) is 0 Å². The van der Waals surface area contributed by atoms with Crippen molar-refractivity contribution < 1.29 is 14.3 Å². The molecule has 1 aliphatic carbocycles. The lowest BCUT2D eigenvalue weighted by atomic mass is 9.84. The minimum absolute atomic E-state index is 0.0872. The average Bonchev–Trinajstić information content (AvgIpc) is 2.83. The van der Waals surface area contributed by atoms with Gasteiger partial charge in [-0.3, -0.25) is 4.79 Å². The lowest BCUT2D eigenvalue weighted by Gasteiger charge is -2.44. The molecular weight excluding hydrogens is 402 g/mol. The van der Waals surface area contributed by atoms with E-state index in [2.05, 4.69) is 29.1 Å². The zero-order valence-electron chi connectivity index (χ0n) is 20.3. The summed E-state index contributed by atoms with van der Waals surface area (Å²) in [5, 5.41) is 3.01. The van der Waals surface area contributed by atoms with E-state index in [1.165, 1.54) is 38.5 Å². The summed E-state index contributed by atoms with van der Waals surface area (Å²) in [4.78, 5) is 17.4. The standard InChI is InChI=1S/C26H41N3O3/c1-20-7-5-6-8-24(20)28(2)22-13-16-29(17-14-22)18-15-27-26(30)12-9-21-19-23(31-3)10-11-25(21)32-4/h9-12,19-20,22,24H,5-8,13-18H2,1-4H3,(H,27,30)/b12-9+/t20-,24-/m0/s1. The Labute approximate surface area is 193 Å². The SMILES string of the molecule is COc1ccc(OC)c(/C=C/C(=O)NCCN2CCC(N(C)[C@H]3CCCC[C@@H]3C)CC2)c1. The van der Waals surface area contributed by atoms with E-state index < -0.39 is 0 Å². The van der Waals surface area contributed by atoms with Gasteiger partial charge in [0.15, 0.2) is 0 Å². The Balaban J connectivity index is 1.38. The Hall–Kier alpha value is -2.05. The highest BCUT2D eigenvalue weighted by atomic mass is 16.5. The van der Waals surface area contributed by atoms with Crippen LogP contribution >= 0.6 is 0 Å². The van der Waals surface area contributed by atoms with Crippen molar-refractivity contribution in [1.29, 1.82) is 0 Å². The molecule has 1 saturated carbocycles. The molecule has 1 heterocycles. The number of carbonyl (C=O) groups excluding carboxylic acids is 1. The van der Waals surface area contributed by atoms with Crippen LogP contribution in [0, 0.1) is 5.92 Å². The number of rotatable bonds is 9. The van der Waals surface area contributed by atoms with Gasteiger partial charge in [-0.05, 0) is 76.0 Å². The minimum atomic E-state index is -0.0872. The number of nitrogens with zero attached hydrogens (tertiary/aromatic N) is 2. The lowest BCUT2D eigenvalue weighted by molar-refractivity contribution is -0.116. The maximum Gasteiger partial charge on any atom is 0.244 e. The first-order valence-electron chi connectivity index (χ1n) is 12.1. The van der Waals surface area contributed by atoms with Gasteiger partial charge in [0, 0.05) is 36.8 Å². The zero-order chi connectivity index (χ0) is 22.9. The molecule has 2 fully saturated rings. The van der Waals surface area contributed by atoms with Crippen molar-refractivity contribution in [1.82, 2.24) is 15.1 Å². The van der Waals surface area contributed by atoms with Gasteiger partial charge in [-0.2, -0.15) is 0 Å². The van der Waals surface area contributed by atoms with Crippen molar-refractivity contribution in [2.45, 2.75) is 57.5 Å². The third kappa shape index (κ3) is 6.72. The molecule has 0 spiro atoms. The van der Waals surface area contributed by atoms with E-state index in [1.807, 2.05) is 18.2 Å². The molecule has 1 N–H and O–H groups in total. The first kappa shape index (κ1) is 24.6. The van der Waals surface area contributed by atoms with Crippen LogP contribution in [0.25, 0.3) is 6.08 Å². The van der Waals surface area contributed by atoms with E-state index in [-0.39, 0.29) is 5.91 Å². The van der Waals surface area contributed by atoms with Crippen molar-refractivity contribution in [2.75, 3.05) is 47.4 Å². The largest absolute Gasteiger partial charge is 0.497 e. The normalized spacial score (nSPS) is 22.9. The highest BCUT2D eigenvalue weighted by molar-refractivity contribution is 5.92. The third-order valence-corrected chi connectivity index (χ3v) is 7.30. The molecule has 0 bridgehead atoms. The first-order chi connectivity index (χ1) is 15.5. The monoisotopic (exact) mass is 443 g/mol. The fraction of sp³-hybridized carbons (Fsp3) is 0.654. The van der Waals surface area contributed by atoms with Gasteiger partial charge in [0.2, 0.25) is 5.91 Å². The number of benzene rings is 1. The topological polar surface area (TPSA) is 54.0 Å². The van der Waals surface area contributed by atoms with E-state index in [1.54, 1.807) is 26.4 Å². The minimum Gasteiger partial charge on any atom is -0.497 e. The van der Waals surface area contributed by atoms with Crippen molar-refractivity contribution in [3.8, 4) is 11.5 Å². The van der Waals surface area contributed by atoms with E-state index >= 15 is 0 Å².